The quantitative estimate of drug-likeness (QED) is 0.494. The molecule has 1 spiro atoms. The first-order valence-corrected chi connectivity index (χ1v) is 8.22. The van der Waals surface area contributed by atoms with E-state index >= 15 is 0 Å². The van der Waals surface area contributed by atoms with Gasteiger partial charge in [0.15, 0.2) is 0 Å². The lowest BCUT2D eigenvalue weighted by Gasteiger charge is -2.44. The van der Waals surface area contributed by atoms with E-state index < -0.39 is 5.54 Å². The van der Waals surface area contributed by atoms with E-state index in [-0.39, 0.29) is 21.7 Å². The molecule has 0 fully saturated rings. The summed E-state index contributed by atoms with van der Waals surface area (Å²) in [6, 6.07) is 9.19. The van der Waals surface area contributed by atoms with Crippen LogP contribution >= 0.6 is 15.9 Å². The molecule has 4 aliphatic rings. The fraction of sp³-hybridized carbons (Fsp3) is 0.222. The van der Waals surface area contributed by atoms with Crippen molar-refractivity contribution in [2.45, 2.75) is 16.3 Å². The predicted octanol–water partition coefficient (Wildman–Crippen LogP) is 2.80. The van der Waals surface area contributed by atoms with Gasteiger partial charge in [-0.2, -0.15) is 0 Å². The highest BCUT2D eigenvalue weighted by atomic mass is 79.9. The number of halogens is 1. The van der Waals surface area contributed by atoms with E-state index in [1.165, 1.54) is 0 Å². The summed E-state index contributed by atoms with van der Waals surface area (Å²) in [5.74, 6) is -0.577. The van der Waals surface area contributed by atoms with Crippen LogP contribution in [0.3, 0.4) is 0 Å². The van der Waals surface area contributed by atoms with Crippen LogP contribution in [0.15, 0.2) is 65.8 Å². The monoisotopic (exact) mass is 370 g/mol. The number of alkyl halides is 1. The van der Waals surface area contributed by atoms with Crippen molar-refractivity contribution in [1.82, 2.24) is 4.90 Å². The minimum atomic E-state index is -0.587. The van der Waals surface area contributed by atoms with E-state index in [1.54, 1.807) is 24.1 Å². The second-order valence-corrected chi connectivity index (χ2v) is 7.61. The number of allylic oxidation sites excluding steroid dienone is 2. The smallest absolute Gasteiger partial charge is 0.261 e. The first-order valence-electron chi connectivity index (χ1n) is 7.43. The number of anilines is 1. The van der Waals surface area contributed by atoms with E-state index in [0.717, 1.165) is 5.57 Å². The zero-order valence-electron chi connectivity index (χ0n) is 12.5. The van der Waals surface area contributed by atoms with Crippen LogP contribution in [0.5, 0.6) is 0 Å². The number of carbonyl (C=O) groups excluding carboxylic acids is 2. The van der Waals surface area contributed by atoms with E-state index in [4.69, 9.17) is 0 Å². The average molecular weight is 371 g/mol. The molecule has 1 heterocycles. The predicted molar refractivity (Wildman–Crippen MR) is 92.2 cm³/mol. The maximum absolute atomic E-state index is 12.7. The van der Waals surface area contributed by atoms with Crippen LogP contribution in [-0.2, 0) is 9.59 Å². The fourth-order valence-corrected chi connectivity index (χ4v) is 4.05. The van der Waals surface area contributed by atoms with Gasteiger partial charge in [-0.05, 0) is 24.1 Å². The van der Waals surface area contributed by atoms with Crippen LogP contribution in [0.1, 0.15) is 6.42 Å². The highest BCUT2D eigenvalue weighted by molar-refractivity contribution is 9.10. The lowest BCUT2D eigenvalue weighted by molar-refractivity contribution is -0.128. The van der Waals surface area contributed by atoms with Gasteiger partial charge < -0.3 is 10.2 Å². The molecule has 0 saturated heterocycles. The Morgan fingerprint density at radius 1 is 1.17 bits per heavy atom. The molecule has 3 aliphatic carbocycles. The van der Waals surface area contributed by atoms with Gasteiger partial charge in [0.1, 0.15) is 11.1 Å². The molecule has 1 aliphatic heterocycles. The molecule has 2 bridgehead atoms. The summed E-state index contributed by atoms with van der Waals surface area (Å²) >= 11 is 3.68. The van der Waals surface area contributed by atoms with Gasteiger partial charge in [-0.3, -0.25) is 9.59 Å². The molecule has 0 atom stereocenters. The van der Waals surface area contributed by atoms with Gasteiger partial charge in [0.05, 0.1) is 4.32 Å². The van der Waals surface area contributed by atoms with Crippen molar-refractivity contribution in [2.75, 3.05) is 12.4 Å². The van der Waals surface area contributed by atoms with E-state index in [9.17, 15) is 9.59 Å². The number of nitrogens with one attached hydrogen (secondary N) is 1. The van der Waals surface area contributed by atoms with E-state index in [0.29, 0.717) is 12.1 Å². The molecule has 1 aromatic rings. The van der Waals surface area contributed by atoms with Gasteiger partial charge >= 0.3 is 0 Å². The molecule has 23 heavy (non-hydrogen) atoms. The first-order chi connectivity index (χ1) is 11.0. The summed E-state index contributed by atoms with van der Waals surface area (Å²) < 4.78 is -0.298. The Labute approximate surface area is 142 Å². The van der Waals surface area contributed by atoms with Gasteiger partial charge in [-0.15, -0.1) is 0 Å². The molecule has 0 radical (unpaired) electrons. The second kappa shape index (κ2) is 4.68. The molecule has 2 amide bonds. The fourth-order valence-electron chi connectivity index (χ4n) is 3.50. The molecule has 1 aromatic carbocycles. The summed E-state index contributed by atoms with van der Waals surface area (Å²) in [5, 5.41) is 2.83. The summed E-state index contributed by atoms with van der Waals surface area (Å²) in [6.45, 7) is 0. The highest BCUT2D eigenvalue weighted by Crippen LogP contribution is 2.52. The van der Waals surface area contributed by atoms with E-state index in [1.807, 2.05) is 30.4 Å². The number of hydrogen-bond donors (Lipinski definition) is 1. The Bertz CT molecular complexity index is 794. The first kappa shape index (κ1) is 14.5. The number of amides is 2. The molecular formula is C18H15BrN2O2. The van der Waals surface area contributed by atoms with Crippen molar-refractivity contribution in [3.63, 3.8) is 0 Å². The number of carbonyl (C=O) groups is 2. The van der Waals surface area contributed by atoms with Crippen molar-refractivity contribution in [2.24, 2.45) is 0 Å². The molecule has 4 nitrogen and oxygen atoms in total. The van der Waals surface area contributed by atoms with Crippen molar-refractivity contribution < 1.29 is 9.59 Å². The number of para-hydroxylation sites is 1. The van der Waals surface area contributed by atoms with Crippen LogP contribution in [0, 0.1) is 0 Å². The zero-order valence-corrected chi connectivity index (χ0v) is 14.1. The van der Waals surface area contributed by atoms with Gasteiger partial charge in [-0.1, -0.05) is 58.4 Å². The minimum absolute atomic E-state index is 0.235. The van der Waals surface area contributed by atoms with E-state index in [2.05, 4.69) is 33.4 Å². The SMILES string of the molecule is CN1C(=O)C(C(=O)Nc2ccccc2)=C2CC3(Br)C=CC21C=C3. The third-order valence-corrected chi connectivity index (χ3v) is 5.60. The van der Waals surface area contributed by atoms with Gasteiger partial charge in [0.25, 0.3) is 11.8 Å². The third-order valence-electron chi connectivity index (χ3n) is 4.79. The molecule has 5 rings (SSSR count). The lowest BCUT2D eigenvalue weighted by atomic mass is 9.72. The van der Waals surface area contributed by atoms with Crippen LogP contribution in [0.25, 0.3) is 0 Å². The normalized spacial score (nSPS) is 30.9. The number of likely N-dealkylation sites (N-methyl/N-ethyl adjacent to an activating group) is 1. The summed E-state index contributed by atoms with van der Waals surface area (Å²) in [4.78, 5) is 27.1. The van der Waals surface area contributed by atoms with Crippen LogP contribution in [0.4, 0.5) is 5.69 Å². The van der Waals surface area contributed by atoms with Crippen molar-refractivity contribution in [1.29, 1.82) is 0 Å². The number of hydrogen-bond acceptors (Lipinski definition) is 2. The van der Waals surface area contributed by atoms with Crippen LogP contribution in [-0.4, -0.2) is 33.6 Å². The highest BCUT2D eigenvalue weighted by Gasteiger charge is 2.54. The van der Waals surface area contributed by atoms with Gasteiger partial charge in [0, 0.05) is 12.7 Å². The maximum atomic E-state index is 12.7. The summed E-state index contributed by atoms with van der Waals surface area (Å²) in [7, 11) is 1.74. The molecule has 0 unspecified atom stereocenters. The van der Waals surface area contributed by atoms with Crippen molar-refractivity contribution >= 4 is 33.4 Å². The van der Waals surface area contributed by atoms with Gasteiger partial charge in [0.2, 0.25) is 0 Å². The molecule has 1 N–H and O–H groups in total. The largest absolute Gasteiger partial charge is 0.325 e. The Hall–Kier alpha value is -2.14. The topological polar surface area (TPSA) is 49.4 Å². The Morgan fingerprint density at radius 2 is 1.83 bits per heavy atom. The second-order valence-electron chi connectivity index (χ2n) is 6.13. The third kappa shape index (κ3) is 1.96. The van der Waals surface area contributed by atoms with Crippen LogP contribution < -0.4 is 5.32 Å². The van der Waals surface area contributed by atoms with Crippen LogP contribution in [0.2, 0.25) is 0 Å². The molecular weight excluding hydrogens is 356 g/mol. The molecule has 116 valence electrons. The number of rotatable bonds is 2. The van der Waals surface area contributed by atoms with Crippen molar-refractivity contribution in [3.8, 4) is 0 Å². The minimum Gasteiger partial charge on any atom is -0.325 e. The Morgan fingerprint density at radius 3 is 2.48 bits per heavy atom. The Kier molecular flexibility index (Phi) is 2.94. The molecule has 5 heteroatoms. The standard InChI is InChI=1S/C18H15BrN2O2/c1-21-16(23)14(15(22)20-12-5-3-2-4-6-12)13-11-17(19)7-9-18(13,21)10-8-17/h2-10H,11H2,1H3,(H,20,22). The average Bonchev–Trinajstić information content (AvgIpc) is 2.76. The molecule has 0 aromatic heterocycles. The Balaban J connectivity index is 1.77. The van der Waals surface area contributed by atoms with Crippen molar-refractivity contribution in [3.05, 3.63) is 65.8 Å². The summed E-state index contributed by atoms with van der Waals surface area (Å²) in [5.41, 5.74) is 1.22. The number of benzene rings is 1. The number of nitrogens with zero attached hydrogens (tertiary/aromatic N) is 1. The summed E-state index contributed by atoms with van der Waals surface area (Å²) in [6.07, 6.45) is 8.73. The maximum Gasteiger partial charge on any atom is 0.261 e. The lowest BCUT2D eigenvalue weighted by Crippen LogP contribution is -2.48. The zero-order chi connectivity index (χ0) is 16.2. The molecule has 0 saturated carbocycles. The van der Waals surface area contributed by atoms with Gasteiger partial charge in [-0.25, -0.2) is 0 Å².